The van der Waals surface area contributed by atoms with Gasteiger partial charge in [-0.15, -0.1) is 0 Å². The summed E-state index contributed by atoms with van der Waals surface area (Å²) in [4.78, 5) is 34.8. The monoisotopic (exact) mass is 424 g/mol. The van der Waals surface area contributed by atoms with Crippen molar-refractivity contribution in [3.05, 3.63) is 22.8 Å². The molecule has 1 fully saturated rings. The van der Waals surface area contributed by atoms with Gasteiger partial charge in [-0.3, -0.25) is 4.79 Å². The number of halogens is 1. The molecule has 0 radical (unpaired) electrons. The van der Waals surface area contributed by atoms with Gasteiger partial charge in [-0.2, -0.15) is 0 Å². The molecule has 1 atom stereocenters. The number of amides is 2. The van der Waals surface area contributed by atoms with Crippen molar-refractivity contribution in [2.24, 2.45) is 0 Å². The van der Waals surface area contributed by atoms with Gasteiger partial charge in [-0.25, -0.2) is 9.78 Å². The Hall–Kier alpha value is -2.02. The van der Waals surface area contributed by atoms with Crippen LogP contribution in [0.2, 0.25) is 5.02 Å². The zero-order valence-corrected chi connectivity index (χ0v) is 19.3. The third-order valence-corrected chi connectivity index (χ3v) is 5.09. The Morgan fingerprint density at radius 3 is 2.24 bits per heavy atom. The number of carbonyl (C=O) groups is 2. The lowest BCUT2D eigenvalue weighted by Gasteiger charge is -2.39. The van der Waals surface area contributed by atoms with Crippen molar-refractivity contribution in [2.75, 3.05) is 31.1 Å². The maximum absolute atomic E-state index is 12.3. The van der Waals surface area contributed by atoms with E-state index >= 15 is 0 Å². The van der Waals surface area contributed by atoms with Gasteiger partial charge in [0.05, 0.1) is 11.1 Å². The summed E-state index contributed by atoms with van der Waals surface area (Å²) in [5, 5.41) is 0.537. The summed E-state index contributed by atoms with van der Waals surface area (Å²) < 4.78 is 5.47. The fourth-order valence-corrected chi connectivity index (χ4v) is 3.85. The number of hydrogen-bond acceptors (Lipinski definition) is 5. The molecule has 1 aliphatic heterocycles. The van der Waals surface area contributed by atoms with Crippen molar-refractivity contribution in [3.8, 4) is 0 Å². The van der Waals surface area contributed by atoms with Crippen molar-refractivity contribution < 1.29 is 14.3 Å². The molecule has 1 aliphatic rings. The first kappa shape index (κ1) is 23.3. The number of nitrogens with zero attached hydrogens (tertiary/aromatic N) is 4. The molecule has 1 aromatic heterocycles. The second kappa shape index (κ2) is 9.20. The van der Waals surface area contributed by atoms with Gasteiger partial charge in [0.25, 0.3) is 0 Å². The van der Waals surface area contributed by atoms with E-state index in [0.717, 1.165) is 11.4 Å². The van der Waals surface area contributed by atoms with E-state index in [4.69, 9.17) is 16.3 Å². The second-order valence-corrected chi connectivity index (χ2v) is 9.15. The molecular formula is C21H33ClN4O3. The molecule has 0 aliphatic carbocycles. The van der Waals surface area contributed by atoms with Crippen LogP contribution >= 0.6 is 11.6 Å². The van der Waals surface area contributed by atoms with Crippen molar-refractivity contribution in [2.45, 2.75) is 66.2 Å². The van der Waals surface area contributed by atoms with E-state index in [2.05, 4.69) is 9.88 Å². The summed E-state index contributed by atoms with van der Waals surface area (Å²) >= 11 is 6.24. The van der Waals surface area contributed by atoms with Gasteiger partial charge in [0.15, 0.2) is 0 Å². The van der Waals surface area contributed by atoms with Crippen LogP contribution in [-0.4, -0.2) is 64.6 Å². The molecule has 162 valence electrons. The van der Waals surface area contributed by atoms with Gasteiger partial charge in [-0.05, 0) is 47.6 Å². The van der Waals surface area contributed by atoms with Gasteiger partial charge >= 0.3 is 6.09 Å². The lowest BCUT2D eigenvalue weighted by Crippen LogP contribution is -2.50. The molecule has 0 bridgehead atoms. The minimum Gasteiger partial charge on any atom is -0.444 e. The molecule has 2 heterocycles. The van der Waals surface area contributed by atoms with E-state index in [0.29, 0.717) is 31.2 Å². The SMILES string of the molecule is CC(=O)N(C(C)C)[C@H](C)c1cc(Cl)cnc1N1CCN(C(=O)OC(C)(C)C)CC1. The summed E-state index contributed by atoms with van der Waals surface area (Å²) in [7, 11) is 0. The zero-order valence-electron chi connectivity index (χ0n) is 18.5. The summed E-state index contributed by atoms with van der Waals surface area (Å²) in [6, 6.07) is 1.77. The van der Waals surface area contributed by atoms with E-state index in [1.165, 1.54) is 0 Å². The molecule has 0 N–H and O–H groups in total. The Kier molecular flexibility index (Phi) is 7.38. The minimum absolute atomic E-state index is 0.00757. The van der Waals surface area contributed by atoms with Crippen molar-refractivity contribution in [1.29, 1.82) is 0 Å². The smallest absolute Gasteiger partial charge is 0.410 e. The maximum Gasteiger partial charge on any atom is 0.410 e. The van der Waals surface area contributed by atoms with Gasteiger partial charge < -0.3 is 19.4 Å². The third-order valence-electron chi connectivity index (χ3n) is 4.88. The first-order valence-electron chi connectivity index (χ1n) is 10.1. The number of carbonyl (C=O) groups excluding carboxylic acids is 2. The quantitative estimate of drug-likeness (QED) is 0.727. The molecule has 1 aromatic rings. The second-order valence-electron chi connectivity index (χ2n) is 8.72. The molecule has 0 spiro atoms. The topological polar surface area (TPSA) is 66.0 Å². The predicted octanol–water partition coefficient (Wildman–Crippen LogP) is 4.11. The van der Waals surface area contributed by atoms with Gasteiger partial charge in [0.1, 0.15) is 11.4 Å². The highest BCUT2D eigenvalue weighted by atomic mass is 35.5. The van der Waals surface area contributed by atoms with E-state index in [1.54, 1.807) is 18.0 Å². The highest BCUT2D eigenvalue weighted by Crippen LogP contribution is 2.32. The number of pyridine rings is 1. The van der Waals surface area contributed by atoms with Gasteiger partial charge in [-0.1, -0.05) is 11.6 Å². The standard InChI is InChI=1S/C21H33ClN4O3/c1-14(2)26(16(4)27)15(3)18-12-17(22)13-23-19(18)24-8-10-25(11-9-24)20(28)29-21(5,6)7/h12-15H,8-11H2,1-7H3/t15-/m1/s1. The lowest BCUT2D eigenvalue weighted by atomic mass is 10.0. The van der Waals surface area contributed by atoms with Crippen molar-refractivity contribution >= 4 is 29.4 Å². The van der Waals surface area contributed by atoms with Gasteiger partial charge in [0, 0.05) is 50.9 Å². The first-order chi connectivity index (χ1) is 13.4. The number of aromatic nitrogens is 1. The molecule has 2 amide bonds. The van der Waals surface area contributed by atoms with E-state index in [1.807, 2.05) is 52.5 Å². The van der Waals surface area contributed by atoms with E-state index in [9.17, 15) is 9.59 Å². The average Bonchev–Trinajstić information content (AvgIpc) is 2.59. The van der Waals surface area contributed by atoms with Crippen molar-refractivity contribution in [3.63, 3.8) is 0 Å². The van der Waals surface area contributed by atoms with E-state index < -0.39 is 5.60 Å². The number of hydrogen-bond donors (Lipinski definition) is 0. The molecule has 0 unspecified atom stereocenters. The molecule has 0 aromatic carbocycles. The van der Waals surface area contributed by atoms with Crippen LogP contribution in [0, 0.1) is 0 Å². The molecule has 1 saturated heterocycles. The van der Waals surface area contributed by atoms with Crippen LogP contribution in [0.5, 0.6) is 0 Å². The predicted molar refractivity (Wildman–Crippen MR) is 115 cm³/mol. The number of ether oxygens (including phenoxy) is 1. The third kappa shape index (κ3) is 5.98. The summed E-state index contributed by atoms with van der Waals surface area (Å²) in [5.74, 6) is 0.811. The Morgan fingerprint density at radius 1 is 1.17 bits per heavy atom. The number of rotatable bonds is 4. The van der Waals surface area contributed by atoms with Gasteiger partial charge in [0.2, 0.25) is 5.91 Å². The fourth-order valence-electron chi connectivity index (χ4n) is 3.68. The first-order valence-corrected chi connectivity index (χ1v) is 10.5. The Balaban J connectivity index is 2.20. The van der Waals surface area contributed by atoms with Crippen LogP contribution in [-0.2, 0) is 9.53 Å². The average molecular weight is 425 g/mol. The summed E-state index contributed by atoms with van der Waals surface area (Å²) in [6.45, 7) is 15.5. The van der Waals surface area contributed by atoms with Crippen LogP contribution in [0.25, 0.3) is 0 Å². The Morgan fingerprint density at radius 2 is 1.76 bits per heavy atom. The number of piperazine rings is 1. The highest BCUT2D eigenvalue weighted by molar-refractivity contribution is 6.30. The maximum atomic E-state index is 12.3. The molecule has 2 rings (SSSR count). The molecule has 7 nitrogen and oxygen atoms in total. The molecule has 0 saturated carbocycles. The highest BCUT2D eigenvalue weighted by Gasteiger charge is 2.30. The van der Waals surface area contributed by atoms with Crippen LogP contribution in [0.1, 0.15) is 60.1 Å². The Labute approximate surface area is 179 Å². The molecule has 29 heavy (non-hydrogen) atoms. The molecular weight excluding hydrogens is 392 g/mol. The van der Waals surface area contributed by atoms with Crippen LogP contribution in [0.4, 0.5) is 10.6 Å². The van der Waals surface area contributed by atoms with E-state index in [-0.39, 0.29) is 24.1 Å². The minimum atomic E-state index is -0.512. The van der Waals surface area contributed by atoms with Crippen LogP contribution in [0.3, 0.4) is 0 Å². The lowest BCUT2D eigenvalue weighted by molar-refractivity contribution is -0.132. The number of anilines is 1. The summed E-state index contributed by atoms with van der Waals surface area (Å²) in [5.41, 5.74) is 0.397. The normalized spacial score (nSPS) is 16.0. The molecule has 8 heteroatoms. The zero-order chi connectivity index (χ0) is 21.9. The van der Waals surface area contributed by atoms with Crippen molar-refractivity contribution in [1.82, 2.24) is 14.8 Å². The largest absolute Gasteiger partial charge is 0.444 e. The Bertz CT molecular complexity index is 740. The fraction of sp³-hybridized carbons (Fsp3) is 0.667. The van der Waals surface area contributed by atoms with Crippen LogP contribution < -0.4 is 4.90 Å². The summed E-state index contributed by atoms with van der Waals surface area (Å²) in [6.07, 6.45) is 1.33. The van der Waals surface area contributed by atoms with Crippen LogP contribution in [0.15, 0.2) is 12.3 Å².